The first-order chi connectivity index (χ1) is 12.1. The van der Waals surface area contributed by atoms with E-state index in [4.69, 9.17) is 4.42 Å². The monoisotopic (exact) mass is 339 g/mol. The molecule has 6 nitrogen and oxygen atoms in total. The average Bonchev–Trinajstić information content (AvgIpc) is 3.18. The Labute approximate surface area is 146 Å². The maximum absolute atomic E-state index is 13.0. The van der Waals surface area contributed by atoms with E-state index in [1.807, 2.05) is 37.3 Å². The highest BCUT2D eigenvalue weighted by Gasteiger charge is 2.55. The van der Waals surface area contributed by atoms with Crippen molar-refractivity contribution in [1.29, 1.82) is 0 Å². The Morgan fingerprint density at radius 1 is 1.28 bits per heavy atom. The average molecular weight is 339 g/mol. The predicted octanol–water partition coefficient (Wildman–Crippen LogP) is 3.34. The molecule has 25 heavy (non-hydrogen) atoms. The van der Waals surface area contributed by atoms with Crippen LogP contribution >= 0.6 is 0 Å². The van der Waals surface area contributed by atoms with E-state index in [2.05, 4.69) is 10.3 Å². The van der Waals surface area contributed by atoms with Crippen LogP contribution in [0.2, 0.25) is 0 Å². The largest absolute Gasteiger partial charge is 0.439 e. The SMILES string of the molecule is C[C@@H]1CCCC[C@@]12NC(=O)N(Cc1ncc(-c3ccccc3)o1)C2=O. The molecule has 0 bridgehead atoms. The molecule has 130 valence electrons. The first-order valence-corrected chi connectivity index (χ1v) is 8.74. The van der Waals surface area contributed by atoms with Gasteiger partial charge in [0.1, 0.15) is 12.1 Å². The van der Waals surface area contributed by atoms with Gasteiger partial charge in [0.25, 0.3) is 5.91 Å². The smallest absolute Gasteiger partial charge is 0.325 e. The Morgan fingerprint density at radius 2 is 2.08 bits per heavy atom. The number of nitrogens with zero attached hydrogens (tertiary/aromatic N) is 2. The molecule has 1 aliphatic carbocycles. The molecule has 2 aromatic rings. The Hall–Kier alpha value is -2.63. The van der Waals surface area contributed by atoms with Gasteiger partial charge in [-0.3, -0.25) is 9.69 Å². The highest BCUT2D eigenvalue weighted by molar-refractivity contribution is 6.07. The summed E-state index contributed by atoms with van der Waals surface area (Å²) in [5, 5.41) is 2.95. The predicted molar refractivity (Wildman–Crippen MR) is 91.4 cm³/mol. The van der Waals surface area contributed by atoms with Gasteiger partial charge >= 0.3 is 6.03 Å². The summed E-state index contributed by atoms with van der Waals surface area (Å²) in [6.07, 6.45) is 5.35. The molecule has 1 aromatic carbocycles. The standard InChI is InChI=1S/C19H21N3O3/c1-13-7-5-6-10-19(13)17(23)22(18(24)21-19)12-16-20-11-15(25-16)14-8-3-2-4-9-14/h2-4,8-9,11,13H,5-7,10,12H2,1H3,(H,21,24)/t13-,19-/m1/s1. The van der Waals surface area contributed by atoms with E-state index in [0.29, 0.717) is 18.1 Å². The molecule has 1 N–H and O–H groups in total. The third-order valence-electron chi connectivity index (χ3n) is 5.41. The number of aromatic nitrogens is 1. The summed E-state index contributed by atoms with van der Waals surface area (Å²) in [6.45, 7) is 2.10. The van der Waals surface area contributed by atoms with Crippen LogP contribution in [0.4, 0.5) is 4.79 Å². The molecule has 3 amide bonds. The molecule has 1 saturated carbocycles. The number of oxazole rings is 1. The Bertz CT molecular complexity index is 801. The molecule has 0 unspecified atom stereocenters. The Kier molecular flexibility index (Phi) is 3.82. The zero-order valence-electron chi connectivity index (χ0n) is 14.2. The topological polar surface area (TPSA) is 75.4 Å². The minimum Gasteiger partial charge on any atom is -0.439 e. The molecule has 0 radical (unpaired) electrons. The summed E-state index contributed by atoms with van der Waals surface area (Å²) >= 11 is 0. The van der Waals surface area contributed by atoms with E-state index < -0.39 is 5.54 Å². The van der Waals surface area contributed by atoms with Crippen LogP contribution in [0.25, 0.3) is 11.3 Å². The van der Waals surface area contributed by atoms with Gasteiger partial charge in [0.15, 0.2) is 5.76 Å². The van der Waals surface area contributed by atoms with Crippen molar-refractivity contribution < 1.29 is 14.0 Å². The van der Waals surface area contributed by atoms with Gasteiger partial charge in [-0.2, -0.15) is 0 Å². The molecule has 2 atom stereocenters. The second-order valence-electron chi connectivity index (χ2n) is 6.92. The lowest BCUT2D eigenvalue weighted by molar-refractivity contribution is -0.134. The lowest BCUT2D eigenvalue weighted by Crippen LogP contribution is -2.53. The van der Waals surface area contributed by atoms with Crippen molar-refractivity contribution in [2.24, 2.45) is 5.92 Å². The van der Waals surface area contributed by atoms with Crippen molar-refractivity contribution >= 4 is 11.9 Å². The first kappa shape index (κ1) is 15.9. The number of carbonyl (C=O) groups is 2. The summed E-state index contributed by atoms with van der Waals surface area (Å²) in [6, 6.07) is 9.27. The number of rotatable bonds is 3. The fraction of sp³-hybridized carbons (Fsp3) is 0.421. The van der Waals surface area contributed by atoms with E-state index in [-0.39, 0.29) is 24.4 Å². The number of carbonyl (C=O) groups excluding carboxylic acids is 2. The summed E-state index contributed by atoms with van der Waals surface area (Å²) in [7, 11) is 0. The maximum Gasteiger partial charge on any atom is 0.325 e. The number of nitrogens with one attached hydrogen (secondary N) is 1. The van der Waals surface area contributed by atoms with Crippen LogP contribution in [0.15, 0.2) is 40.9 Å². The van der Waals surface area contributed by atoms with E-state index in [9.17, 15) is 9.59 Å². The Balaban J connectivity index is 1.54. The van der Waals surface area contributed by atoms with Crippen molar-refractivity contribution in [1.82, 2.24) is 15.2 Å². The van der Waals surface area contributed by atoms with Crippen LogP contribution in [-0.2, 0) is 11.3 Å². The molecular formula is C19H21N3O3. The zero-order chi connectivity index (χ0) is 17.4. The number of amides is 3. The number of hydrogen-bond donors (Lipinski definition) is 1. The molecule has 1 aromatic heterocycles. The number of hydrogen-bond acceptors (Lipinski definition) is 4. The van der Waals surface area contributed by atoms with Gasteiger partial charge in [-0.15, -0.1) is 0 Å². The van der Waals surface area contributed by atoms with Crippen molar-refractivity contribution in [3.63, 3.8) is 0 Å². The summed E-state index contributed by atoms with van der Waals surface area (Å²) in [5.74, 6) is 0.988. The molecule has 1 saturated heterocycles. The minimum absolute atomic E-state index is 0.0615. The fourth-order valence-corrected chi connectivity index (χ4v) is 3.89. The highest BCUT2D eigenvalue weighted by Crippen LogP contribution is 2.38. The van der Waals surface area contributed by atoms with Gasteiger partial charge in [-0.1, -0.05) is 50.1 Å². The Morgan fingerprint density at radius 3 is 2.84 bits per heavy atom. The van der Waals surface area contributed by atoms with Gasteiger partial charge in [0.2, 0.25) is 5.89 Å². The first-order valence-electron chi connectivity index (χ1n) is 8.74. The van der Waals surface area contributed by atoms with E-state index in [0.717, 1.165) is 24.8 Å². The molecule has 2 aliphatic rings. The summed E-state index contributed by atoms with van der Waals surface area (Å²) < 4.78 is 5.75. The van der Waals surface area contributed by atoms with Crippen LogP contribution in [0.1, 0.15) is 38.5 Å². The lowest BCUT2D eigenvalue weighted by atomic mass is 9.73. The van der Waals surface area contributed by atoms with Crippen molar-refractivity contribution in [2.75, 3.05) is 0 Å². The molecular weight excluding hydrogens is 318 g/mol. The number of imide groups is 1. The summed E-state index contributed by atoms with van der Waals surface area (Å²) in [4.78, 5) is 30.8. The summed E-state index contributed by atoms with van der Waals surface area (Å²) in [5.41, 5.74) is 0.167. The van der Waals surface area contributed by atoms with E-state index >= 15 is 0 Å². The zero-order valence-corrected chi connectivity index (χ0v) is 14.2. The molecule has 1 aliphatic heterocycles. The lowest BCUT2D eigenvalue weighted by Gasteiger charge is -2.36. The van der Waals surface area contributed by atoms with E-state index in [1.54, 1.807) is 6.20 Å². The molecule has 2 heterocycles. The molecule has 1 spiro atoms. The van der Waals surface area contributed by atoms with Crippen LogP contribution in [0, 0.1) is 5.92 Å². The third-order valence-corrected chi connectivity index (χ3v) is 5.41. The van der Waals surface area contributed by atoms with Gasteiger partial charge in [0.05, 0.1) is 6.20 Å². The molecule has 2 fully saturated rings. The van der Waals surface area contributed by atoms with E-state index in [1.165, 1.54) is 4.90 Å². The van der Waals surface area contributed by atoms with Crippen molar-refractivity contribution in [3.05, 3.63) is 42.4 Å². The van der Waals surface area contributed by atoms with Crippen molar-refractivity contribution in [3.8, 4) is 11.3 Å². The second-order valence-corrected chi connectivity index (χ2v) is 6.92. The van der Waals surface area contributed by atoms with Gasteiger partial charge in [-0.25, -0.2) is 9.78 Å². The number of urea groups is 1. The fourth-order valence-electron chi connectivity index (χ4n) is 3.89. The van der Waals surface area contributed by atoms with Crippen LogP contribution in [-0.4, -0.2) is 27.4 Å². The normalized spacial score (nSPS) is 26.3. The quantitative estimate of drug-likeness (QED) is 0.870. The van der Waals surface area contributed by atoms with Gasteiger partial charge < -0.3 is 9.73 Å². The number of benzene rings is 1. The van der Waals surface area contributed by atoms with Crippen LogP contribution in [0.5, 0.6) is 0 Å². The second kappa shape index (κ2) is 6.02. The van der Waals surface area contributed by atoms with Gasteiger partial charge in [0, 0.05) is 5.56 Å². The third kappa shape index (κ3) is 2.62. The molecule has 4 rings (SSSR count). The van der Waals surface area contributed by atoms with Gasteiger partial charge in [-0.05, 0) is 18.8 Å². The molecule has 6 heteroatoms. The highest BCUT2D eigenvalue weighted by atomic mass is 16.4. The van der Waals surface area contributed by atoms with Crippen LogP contribution < -0.4 is 5.32 Å². The van der Waals surface area contributed by atoms with Crippen LogP contribution in [0.3, 0.4) is 0 Å². The van der Waals surface area contributed by atoms with Crippen molar-refractivity contribution in [2.45, 2.75) is 44.7 Å². The maximum atomic E-state index is 13.0. The minimum atomic E-state index is -0.746.